The van der Waals surface area contributed by atoms with Crippen LogP contribution in [0, 0.1) is 18.8 Å². The molecule has 2 saturated carbocycles. The topological polar surface area (TPSA) is 23.5 Å². The monoisotopic (exact) mass is 245 g/mol. The van der Waals surface area contributed by atoms with E-state index in [-0.39, 0.29) is 6.61 Å². The van der Waals surface area contributed by atoms with Crippen LogP contribution in [0.1, 0.15) is 36.8 Å². The van der Waals surface area contributed by atoms with Crippen LogP contribution in [0.3, 0.4) is 0 Å². The maximum absolute atomic E-state index is 9.19. The van der Waals surface area contributed by atoms with Gasteiger partial charge in [0.25, 0.3) is 0 Å². The third-order valence-corrected chi connectivity index (χ3v) is 4.14. The molecule has 1 N–H and O–H groups in total. The number of hydrogen-bond acceptors (Lipinski definition) is 2. The molecule has 3 rings (SSSR count). The van der Waals surface area contributed by atoms with Crippen LogP contribution in [0.5, 0.6) is 0 Å². The number of aliphatic hydroxyl groups is 1. The number of benzene rings is 1. The third kappa shape index (κ3) is 2.86. The van der Waals surface area contributed by atoms with E-state index in [1.165, 1.54) is 50.0 Å². The molecule has 0 saturated heterocycles. The average Bonchev–Trinajstić information content (AvgIpc) is 3.23. The molecule has 0 aliphatic heterocycles. The zero-order valence-corrected chi connectivity index (χ0v) is 11.2. The minimum Gasteiger partial charge on any atom is -0.392 e. The lowest BCUT2D eigenvalue weighted by Crippen LogP contribution is -2.28. The second-order valence-electron chi connectivity index (χ2n) is 6.07. The van der Waals surface area contributed by atoms with E-state index in [0.29, 0.717) is 0 Å². The SMILES string of the molecule is Cc1cc(CO)ccc1N(CC1CC1)CC1CC1. The maximum Gasteiger partial charge on any atom is 0.0681 e. The summed E-state index contributed by atoms with van der Waals surface area (Å²) in [6, 6.07) is 6.39. The first-order chi connectivity index (χ1) is 8.76. The predicted octanol–water partition coefficient (Wildman–Crippen LogP) is 3.11. The molecule has 0 aromatic heterocycles. The zero-order chi connectivity index (χ0) is 12.5. The second-order valence-corrected chi connectivity index (χ2v) is 6.07. The lowest BCUT2D eigenvalue weighted by molar-refractivity contribution is 0.282. The first kappa shape index (κ1) is 12.0. The summed E-state index contributed by atoms with van der Waals surface area (Å²) in [6.07, 6.45) is 5.65. The highest BCUT2D eigenvalue weighted by Gasteiger charge is 2.29. The standard InChI is InChI=1S/C16H23NO/c1-12-8-15(11-18)6-7-16(12)17(9-13-2-3-13)10-14-4-5-14/h6-8,13-14,18H,2-5,9-11H2,1H3. The first-order valence-corrected chi connectivity index (χ1v) is 7.21. The number of aryl methyl sites for hydroxylation is 1. The Morgan fingerprint density at radius 3 is 2.17 bits per heavy atom. The fraction of sp³-hybridized carbons (Fsp3) is 0.625. The van der Waals surface area contributed by atoms with Crippen LogP contribution in [0.25, 0.3) is 0 Å². The van der Waals surface area contributed by atoms with E-state index in [4.69, 9.17) is 0 Å². The minimum absolute atomic E-state index is 0.145. The van der Waals surface area contributed by atoms with Crippen molar-refractivity contribution in [2.24, 2.45) is 11.8 Å². The van der Waals surface area contributed by atoms with Gasteiger partial charge in [0, 0.05) is 18.8 Å². The molecule has 2 aliphatic carbocycles. The van der Waals surface area contributed by atoms with Gasteiger partial charge in [-0.1, -0.05) is 12.1 Å². The van der Waals surface area contributed by atoms with Gasteiger partial charge in [-0.05, 0) is 61.6 Å². The number of aliphatic hydroxyl groups excluding tert-OH is 1. The highest BCUT2D eigenvalue weighted by Crippen LogP contribution is 2.36. The number of nitrogens with zero attached hydrogens (tertiary/aromatic N) is 1. The Morgan fingerprint density at radius 2 is 1.72 bits per heavy atom. The number of rotatable bonds is 6. The second kappa shape index (κ2) is 4.93. The molecule has 0 bridgehead atoms. The normalized spacial score (nSPS) is 19.0. The maximum atomic E-state index is 9.19. The molecule has 0 spiro atoms. The Balaban J connectivity index is 1.77. The van der Waals surface area contributed by atoms with Gasteiger partial charge in [-0.15, -0.1) is 0 Å². The Morgan fingerprint density at radius 1 is 1.11 bits per heavy atom. The molecule has 0 radical (unpaired) electrons. The van der Waals surface area contributed by atoms with Crippen molar-refractivity contribution < 1.29 is 5.11 Å². The van der Waals surface area contributed by atoms with Crippen molar-refractivity contribution in [1.82, 2.24) is 0 Å². The van der Waals surface area contributed by atoms with Gasteiger partial charge in [0.15, 0.2) is 0 Å². The molecule has 1 aromatic carbocycles. The Kier molecular flexibility index (Phi) is 3.29. The van der Waals surface area contributed by atoms with Gasteiger partial charge in [0.1, 0.15) is 0 Å². The fourth-order valence-electron chi connectivity index (χ4n) is 2.67. The summed E-state index contributed by atoms with van der Waals surface area (Å²) in [7, 11) is 0. The number of hydrogen-bond donors (Lipinski definition) is 1. The Hall–Kier alpha value is -1.02. The number of anilines is 1. The van der Waals surface area contributed by atoms with Crippen LogP contribution in [-0.4, -0.2) is 18.2 Å². The van der Waals surface area contributed by atoms with Crippen LogP contribution < -0.4 is 4.90 Å². The van der Waals surface area contributed by atoms with Gasteiger partial charge >= 0.3 is 0 Å². The Labute approximate surface area is 110 Å². The molecule has 18 heavy (non-hydrogen) atoms. The van der Waals surface area contributed by atoms with Crippen molar-refractivity contribution >= 4 is 5.69 Å². The summed E-state index contributed by atoms with van der Waals surface area (Å²) in [5, 5.41) is 9.19. The smallest absolute Gasteiger partial charge is 0.0681 e. The molecule has 0 heterocycles. The van der Waals surface area contributed by atoms with Crippen molar-refractivity contribution in [1.29, 1.82) is 0 Å². The molecular formula is C16H23NO. The van der Waals surface area contributed by atoms with Crippen LogP contribution in [0.15, 0.2) is 18.2 Å². The van der Waals surface area contributed by atoms with Crippen LogP contribution >= 0.6 is 0 Å². The average molecular weight is 245 g/mol. The molecular weight excluding hydrogens is 222 g/mol. The van der Waals surface area contributed by atoms with Gasteiger partial charge in [0.2, 0.25) is 0 Å². The quantitative estimate of drug-likeness (QED) is 0.832. The molecule has 2 heteroatoms. The van der Waals surface area contributed by atoms with E-state index in [1.807, 2.05) is 0 Å². The largest absolute Gasteiger partial charge is 0.392 e. The van der Waals surface area contributed by atoms with Crippen molar-refractivity contribution in [2.75, 3.05) is 18.0 Å². The van der Waals surface area contributed by atoms with E-state index in [2.05, 4.69) is 30.0 Å². The molecule has 2 aliphatic rings. The van der Waals surface area contributed by atoms with Crippen molar-refractivity contribution in [3.63, 3.8) is 0 Å². The van der Waals surface area contributed by atoms with Crippen LogP contribution in [0.2, 0.25) is 0 Å². The first-order valence-electron chi connectivity index (χ1n) is 7.21. The molecule has 98 valence electrons. The van der Waals surface area contributed by atoms with E-state index < -0.39 is 0 Å². The summed E-state index contributed by atoms with van der Waals surface area (Å²) in [5.41, 5.74) is 3.71. The third-order valence-electron chi connectivity index (χ3n) is 4.14. The van der Waals surface area contributed by atoms with Gasteiger partial charge in [-0.2, -0.15) is 0 Å². The van der Waals surface area contributed by atoms with Crippen LogP contribution in [0.4, 0.5) is 5.69 Å². The lowest BCUT2D eigenvalue weighted by Gasteiger charge is -2.27. The van der Waals surface area contributed by atoms with E-state index in [9.17, 15) is 5.11 Å². The van der Waals surface area contributed by atoms with Crippen LogP contribution in [-0.2, 0) is 6.61 Å². The summed E-state index contributed by atoms with van der Waals surface area (Å²) in [5.74, 6) is 1.86. The van der Waals surface area contributed by atoms with E-state index in [0.717, 1.165) is 17.4 Å². The summed E-state index contributed by atoms with van der Waals surface area (Å²) < 4.78 is 0. The highest BCUT2D eigenvalue weighted by atomic mass is 16.3. The summed E-state index contributed by atoms with van der Waals surface area (Å²) >= 11 is 0. The molecule has 1 aromatic rings. The summed E-state index contributed by atoms with van der Waals surface area (Å²) in [6.45, 7) is 4.78. The summed E-state index contributed by atoms with van der Waals surface area (Å²) in [4.78, 5) is 2.59. The van der Waals surface area contributed by atoms with Crippen molar-refractivity contribution in [2.45, 2.75) is 39.2 Å². The molecule has 2 nitrogen and oxygen atoms in total. The van der Waals surface area contributed by atoms with Gasteiger partial charge in [0.05, 0.1) is 6.61 Å². The minimum atomic E-state index is 0.145. The van der Waals surface area contributed by atoms with Gasteiger partial charge in [-0.3, -0.25) is 0 Å². The Bertz CT molecular complexity index is 407. The molecule has 2 fully saturated rings. The molecule has 0 unspecified atom stereocenters. The predicted molar refractivity (Wildman–Crippen MR) is 74.8 cm³/mol. The van der Waals surface area contributed by atoms with E-state index in [1.54, 1.807) is 0 Å². The molecule has 0 amide bonds. The van der Waals surface area contributed by atoms with Crippen molar-refractivity contribution in [3.05, 3.63) is 29.3 Å². The van der Waals surface area contributed by atoms with Gasteiger partial charge < -0.3 is 10.0 Å². The van der Waals surface area contributed by atoms with E-state index >= 15 is 0 Å². The van der Waals surface area contributed by atoms with Gasteiger partial charge in [-0.25, -0.2) is 0 Å². The fourth-order valence-corrected chi connectivity index (χ4v) is 2.67. The lowest BCUT2D eigenvalue weighted by atomic mass is 10.1. The van der Waals surface area contributed by atoms with Crippen molar-refractivity contribution in [3.8, 4) is 0 Å². The highest BCUT2D eigenvalue weighted by molar-refractivity contribution is 5.54. The zero-order valence-electron chi connectivity index (χ0n) is 11.2. The molecule has 0 atom stereocenters.